The van der Waals surface area contributed by atoms with Gasteiger partial charge in [0.1, 0.15) is 12.4 Å². The van der Waals surface area contributed by atoms with Crippen molar-refractivity contribution in [2.24, 2.45) is 0 Å². The summed E-state index contributed by atoms with van der Waals surface area (Å²) < 4.78 is 55.7. The predicted octanol–water partition coefficient (Wildman–Crippen LogP) is 4.90. The Morgan fingerprint density at radius 3 is 2.37 bits per heavy atom. The fourth-order valence-electron chi connectivity index (χ4n) is 3.58. The zero-order valence-corrected chi connectivity index (χ0v) is 18.6. The van der Waals surface area contributed by atoms with Crippen molar-refractivity contribution < 1.29 is 31.6 Å². The van der Waals surface area contributed by atoms with E-state index in [1.54, 1.807) is 29.2 Å². The van der Waals surface area contributed by atoms with Crippen molar-refractivity contribution in [3.63, 3.8) is 0 Å². The summed E-state index contributed by atoms with van der Waals surface area (Å²) in [5.74, 6) is -0.330. The molecule has 1 heterocycles. The van der Waals surface area contributed by atoms with Crippen LogP contribution in [-0.2, 0) is 17.8 Å². The van der Waals surface area contributed by atoms with E-state index in [0.29, 0.717) is 30.2 Å². The van der Waals surface area contributed by atoms with Gasteiger partial charge in [0.25, 0.3) is 5.91 Å². The molecule has 3 aromatic rings. The van der Waals surface area contributed by atoms with Gasteiger partial charge in [0.15, 0.2) is 11.7 Å². The van der Waals surface area contributed by atoms with Crippen molar-refractivity contribution in [2.75, 3.05) is 6.54 Å². The third-order valence-electron chi connectivity index (χ3n) is 5.56. The van der Waals surface area contributed by atoms with E-state index >= 15 is 0 Å². The molecular formula is C25H23F4N3O3. The van der Waals surface area contributed by atoms with Crippen LogP contribution < -0.4 is 5.32 Å². The topological polar surface area (TPSA) is 75.4 Å². The van der Waals surface area contributed by atoms with E-state index in [0.717, 1.165) is 18.4 Å². The first kappa shape index (κ1) is 24.4. The molecule has 10 heteroatoms. The maximum absolute atomic E-state index is 13.1. The summed E-state index contributed by atoms with van der Waals surface area (Å²) in [6, 6.07) is 12.1. The van der Waals surface area contributed by atoms with Gasteiger partial charge in [-0.15, -0.1) is 0 Å². The van der Waals surface area contributed by atoms with Crippen LogP contribution in [0.3, 0.4) is 0 Å². The van der Waals surface area contributed by atoms with Crippen molar-refractivity contribution in [1.82, 2.24) is 15.2 Å². The SMILES string of the molecule is O=C(NCC(F)(F)F)c1ccc(CN(C(=O)CCc2ncc(-c3ccc(F)cc3)o2)C2CC2)cc1. The standard InChI is InChI=1S/C25H23F4N3O3/c26-19-7-5-17(6-8-19)21-13-30-22(35-21)11-12-23(33)32(20-9-10-20)14-16-1-3-18(4-2-16)24(34)31-15-25(27,28)29/h1-8,13,20H,9-12,14-15H2,(H,31,34). The lowest BCUT2D eigenvalue weighted by Crippen LogP contribution is -2.34. The number of hydrogen-bond donors (Lipinski definition) is 1. The lowest BCUT2D eigenvalue weighted by atomic mass is 10.1. The van der Waals surface area contributed by atoms with E-state index in [1.165, 1.54) is 30.5 Å². The molecule has 1 fully saturated rings. The number of alkyl halides is 3. The van der Waals surface area contributed by atoms with Gasteiger partial charge < -0.3 is 14.6 Å². The summed E-state index contributed by atoms with van der Waals surface area (Å²) in [7, 11) is 0. The van der Waals surface area contributed by atoms with Crippen molar-refractivity contribution in [1.29, 1.82) is 0 Å². The summed E-state index contributed by atoms with van der Waals surface area (Å²) in [5.41, 5.74) is 1.57. The van der Waals surface area contributed by atoms with E-state index in [9.17, 15) is 27.2 Å². The largest absolute Gasteiger partial charge is 0.441 e. The molecule has 1 aromatic heterocycles. The highest BCUT2D eigenvalue weighted by Crippen LogP contribution is 2.29. The highest BCUT2D eigenvalue weighted by molar-refractivity contribution is 5.94. The lowest BCUT2D eigenvalue weighted by Gasteiger charge is -2.22. The molecule has 0 atom stereocenters. The number of halogens is 4. The molecule has 4 rings (SSSR count). The normalized spacial score (nSPS) is 13.5. The summed E-state index contributed by atoms with van der Waals surface area (Å²) >= 11 is 0. The summed E-state index contributed by atoms with van der Waals surface area (Å²) in [6.07, 6.45) is -0.638. The number of aromatic nitrogens is 1. The second kappa shape index (κ2) is 10.3. The molecule has 0 saturated heterocycles. The molecule has 1 N–H and O–H groups in total. The maximum Gasteiger partial charge on any atom is 0.405 e. The summed E-state index contributed by atoms with van der Waals surface area (Å²) in [6.45, 7) is -1.06. The molecule has 2 aromatic carbocycles. The third-order valence-corrected chi connectivity index (χ3v) is 5.56. The molecule has 1 saturated carbocycles. The average Bonchev–Trinajstić information content (AvgIpc) is 3.56. The van der Waals surface area contributed by atoms with Crippen molar-refractivity contribution in [3.8, 4) is 11.3 Å². The highest BCUT2D eigenvalue weighted by Gasteiger charge is 2.32. The van der Waals surface area contributed by atoms with Gasteiger partial charge in [-0.3, -0.25) is 9.59 Å². The zero-order valence-electron chi connectivity index (χ0n) is 18.6. The number of carbonyl (C=O) groups is 2. The highest BCUT2D eigenvalue weighted by atomic mass is 19.4. The minimum atomic E-state index is -4.48. The number of aryl methyl sites for hydroxylation is 1. The Morgan fingerprint density at radius 1 is 1.06 bits per heavy atom. The van der Waals surface area contributed by atoms with Crippen LogP contribution in [-0.4, -0.2) is 40.5 Å². The van der Waals surface area contributed by atoms with Crippen molar-refractivity contribution in [3.05, 3.63) is 77.6 Å². The summed E-state index contributed by atoms with van der Waals surface area (Å²) in [4.78, 5) is 30.8. The fraction of sp³-hybridized carbons (Fsp3) is 0.320. The van der Waals surface area contributed by atoms with Crippen LogP contribution in [0.1, 0.15) is 41.1 Å². The number of rotatable bonds is 9. The fourth-order valence-corrected chi connectivity index (χ4v) is 3.58. The van der Waals surface area contributed by atoms with Crippen LogP contribution in [0.2, 0.25) is 0 Å². The molecule has 35 heavy (non-hydrogen) atoms. The minimum absolute atomic E-state index is 0.0685. The Bertz CT molecular complexity index is 1170. The number of nitrogens with zero attached hydrogens (tertiary/aromatic N) is 2. The Labute approximate surface area is 198 Å². The quantitative estimate of drug-likeness (QED) is 0.434. The molecule has 2 amide bonds. The van der Waals surface area contributed by atoms with Crippen molar-refractivity contribution >= 4 is 11.8 Å². The molecule has 0 aliphatic heterocycles. The molecule has 0 bridgehead atoms. The number of nitrogens with one attached hydrogen (secondary N) is 1. The van der Waals surface area contributed by atoms with E-state index in [2.05, 4.69) is 4.98 Å². The first-order valence-corrected chi connectivity index (χ1v) is 11.1. The van der Waals surface area contributed by atoms with Gasteiger partial charge in [0, 0.05) is 36.6 Å². The van der Waals surface area contributed by atoms with Gasteiger partial charge in [-0.1, -0.05) is 12.1 Å². The zero-order chi connectivity index (χ0) is 25.0. The van der Waals surface area contributed by atoms with Gasteiger partial charge >= 0.3 is 6.18 Å². The first-order valence-electron chi connectivity index (χ1n) is 11.1. The monoisotopic (exact) mass is 489 g/mol. The Morgan fingerprint density at radius 2 is 1.74 bits per heavy atom. The number of oxazole rings is 1. The second-order valence-corrected chi connectivity index (χ2v) is 8.37. The smallest absolute Gasteiger partial charge is 0.405 e. The molecular weight excluding hydrogens is 466 g/mol. The van der Waals surface area contributed by atoms with Crippen LogP contribution in [0.5, 0.6) is 0 Å². The number of benzene rings is 2. The Hall–Kier alpha value is -3.69. The van der Waals surface area contributed by atoms with Gasteiger partial charge in [0.05, 0.1) is 6.20 Å². The molecule has 0 spiro atoms. The van der Waals surface area contributed by atoms with E-state index in [-0.39, 0.29) is 29.8 Å². The maximum atomic E-state index is 13.1. The van der Waals surface area contributed by atoms with Crippen LogP contribution in [0.15, 0.2) is 59.1 Å². The van der Waals surface area contributed by atoms with E-state index in [1.807, 2.05) is 5.32 Å². The van der Waals surface area contributed by atoms with E-state index < -0.39 is 18.6 Å². The third kappa shape index (κ3) is 6.91. The van der Waals surface area contributed by atoms with Gasteiger partial charge in [-0.25, -0.2) is 9.37 Å². The first-order chi connectivity index (χ1) is 16.7. The van der Waals surface area contributed by atoms with E-state index in [4.69, 9.17) is 4.42 Å². The van der Waals surface area contributed by atoms with Crippen LogP contribution in [0.25, 0.3) is 11.3 Å². The predicted molar refractivity (Wildman–Crippen MR) is 119 cm³/mol. The molecule has 0 unspecified atom stereocenters. The summed E-state index contributed by atoms with van der Waals surface area (Å²) in [5, 5.41) is 1.83. The van der Waals surface area contributed by atoms with Gasteiger partial charge in [-0.2, -0.15) is 13.2 Å². The van der Waals surface area contributed by atoms with Crippen LogP contribution >= 0.6 is 0 Å². The number of hydrogen-bond acceptors (Lipinski definition) is 4. The van der Waals surface area contributed by atoms with Crippen LogP contribution in [0, 0.1) is 5.82 Å². The van der Waals surface area contributed by atoms with Gasteiger partial charge in [0.2, 0.25) is 5.91 Å². The average molecular weight is 489 g/mol. The number of carbonyl (C=O) groups excluding carboxylic acids is 2. The molecule has 1 aliphatic carbocycles. The second-order valence-electron chi connectivity index (χ2n) is 8.37. The minimum Gasteiger partial charge on any atom is -0.441 e. The molecule has 0 radical (unpaired) electrons. The Kier molecular flexibility index (Phi) is 7.18. The van der Waals surface area contributed by atoms with Crippen molar-refractivity contribution in [2.45, 2.75) is 44.4 Å². The Balaban J connectivity index is 1.32. The van der Waals surface area contributed by atoms with Gasteiger partial charge in [-0.05, 0) is 54.8 Å². The molecule has 6 nitrogen and oxygen atoms in total. The molecule has 184 valence electrons. The van der Waals surface area contributed by atoms with Crippen LogP contribution in [0.4, 0.5) is 17.6 Å². The number of amides is 2. The lowest BCUT2D eigenvalue weighted by molar-refractivity contribution is -0.132. The molecule has 1 aliphatic rings.